The van der Waals surface area contributed by atoms with E-state index in [1.54, 1.807) is 12.3 Å². The van der Waals surface area contributed by atoms with Crippen LogP contribution in [0, 0.1) is 0 Å². The lowest BCUT2D eigenvalue weighted by molar-refractivity contribution is 0.505. The highest BCUT2D eigenvalue weighted by Gasteiger charge is 2.14. The van der Waals surface area contributed by atoms with Gasteiger partial charge in [0.2, 0.25) is 0 Å². The third kappa shape index (κ3) is 0.925. The second-order valence-corrected chi connectivity index (χ2v) is 2.80. The van der Waals surface area contributed by atoms with Gasteiger partial charge in [-0.05, 0) is 24.1 Å². The summed E-state index contributed by atoms with van der Waals surface area (Å²) in [6.45, 7) is 3.89. The van der Waals surface area contributed by atoms with Gasteiger partial charge in [0.1, 0.15) is 11.5 Å². The Morgan fingerprint density at radius 2 is 2.33 bits per heavy atom. The van der Waals surface area contributed by atoms with Crippen LogP contribution in [0.3, 0.4) is 0 Å². The van der Waals surface area contributed by atoms with Gasteiger partial charge in [0, 0.05) is 11.8 Å². The maximum absolute atomic E-state index is 9.44. The van der Waals surface area contributed by atoms with Crippen molar-refractivity contribution in [3.63, 3.8) is 0 Å². The molecule has 1 aromatic heterocycles. The molecule has 0 bridgehead atoms. The van der Waals surface area contributed by atoms with Crippen molar-refractivity contribution in [2.45, 2.75) is 6.42 Å². The zero-order valence-electron chi connectivity index (χ0n) is 6.62. The average molecular weight is 159 g/mol. The van der Waals surface area contributed by atoms with Gasteiger partial charge < -0.3 is 5.11 Å². The van der Waals surface area contributed by atoms with Crippen molar-refractivity contribution in [1.29, 1.82) is 0 Å². The molecule has 0 radical (unpaired) electrons. The first-order chi connectivity index (χ1) is 5.79. The highest BCUT2D eigenvalue weighted by molar-refractivity contribution is 5.79. The van der Waals surface area contributed by atoms with Crippen LogP contribution in [-0.2, 0) is 0 Å². The number of aromatic nitrogens is 1. The van der Waals surface area contributed by atoms with Crippen LogP contribution in [0.2, 0.25) is 0 Å². The van der Waals surface area contributed by atoms with Crippen molar-refractivity contribution in [3.8, 4) is 0 Å². The quantitative estimate of drug-likeness (QED) is 0.630. The normalized spacial score (nSPS) is 15.3. The minimum atomic E-state index is 0.262. The molecule has 12 heavy (non-hydrogen) atoms. The fourth-order valence-corrected chi connectivity index (χ4v) is 1.32. The highest BCUT2D eigenvalue weighted by atomic mass is 16.3. The van der Waals surface area contributed by atoms with E-state index in [2.05, 4.69) is 11.6 Å². The Hall–Kier alpha value is -1.57. The van der Waals surface area contributed by atoms with Crippen LogP contribution in [0.15, 0.2) is 31.0 Å². The van der Waals surface area contributed by atoms with Crippen LogP contribution in [-0.4, -0.2) is 10.1 Å². The second-order valence-electron chi connectivity index (χ2n) is 2.80. The molecule has 0 spiro atoms. The summed E-state index contributed by atoms with van der Waals surface area (Å²) in [4.78, 5) is 4.07. The predicted molar refractivity (Wildman–Crippen MR) is 48.5 cm³/mol. The molecule has 1 N–H and O–H groups in total. The zero-order chi connectivity index (χ0) is 8.55. The van der Waals surface area contributed by atoms with Gasteiger partial charge in [0.05, 0.1) is 0 Å². The molecule has 60 valence electrons. The lowest BCUT2D eigenvalue weighted by atomic mass is 9.96. The Morgan fingerprint density at radius 3 is 3.08 bits per heavy atom. The van der Waals surface area contributed by atoms with Crippen molar-refractivity contribution < 1.29 is 5.11 Å². The molecule has 0 unspecified atom stereocenters. The Bertz CT molecular complexity index is 366. The minimum absolute atomic E-state index is 0.262. The summed E-state index contributed by atoms with van der Waals surface area (Å²) in [5, 5.41) is 9.44. The summed E-state index contributed by atoms with van der Waals surface area (Å²) in [6, 6.07) is 3.77. The molecule has 1 aliphatic carbocycles. The molecule has 0 aliphatic heterocycles. The fourth-order valence-electron chi connectivity index (χ4n) is 1.32. The molecule has 1 heterocycles. The molecule has 2 heteroatoms. The Balaban J connectivity index is 2.66. The van der Waals surface area contributed by atoms with Crippen LogP contribution in [0.5, 0.6) is 0 Å². The molecule has 1 aromatic rings. The molecule has 2 nitrogen and oxygen atoms in total. The van der Waals surface area contributed by atoms with Gasteiger partial charge in [-0.1, -0.05) is 12.6 Å². The van der Waals surface area contributed by atoms with Gasteiger partial charge in [-0.2, -0.15) is 0 Å². The van der Waals surface area contributed by atoms with Crippen LogP contribution < -0.4 is 0 Å². The monoisotopic (exact) mass is 159 g/mol. The van der Waals surface area contributed by atoms with E-state index in [0.717, 1.165) is 11.1 Å². The molecule has 0 atom stereocenters. The van der Waals surface area contributed by atoms with Crippen molar-refractivity contribution in [1.82, 2.24) is 4.98 Å². The number of rotatable bonds is 0. The number of hydrogen-bond acceptors (Lipinski definition) is 2. The van der Waals surface area contributed by atoms with E-state index >= 15 is 0 Å². The lowest BCUT2D eigenvalue weighted by Gasteiger charge is -2.13. The summed E-state index contributed by atoms with van der Waals surface area (Å²) >= 11 is 0. The summed E-state index contributed by atoms with van der Waals surface area (Å²) in [7, 11) is 0. The third-order valence-corrected chi connectivity index (χ3v) is 1.97. The molecule has 0 aromatic carbocycles. The van der Waals surface area contributed by atoms with E-state index in [1.807, 2.05) is 12.1 Å². The van der Waals surface area contributed by atoms with Crippen molar-refractivity contribution in [2.75, 3.05) is 0 Å². The maximum atomic E-state index is 9.44. The van der Waals surface area contributed by atoms with Crippen LogP contribution in [0.25, 0.3) is 11.3 Å². The molecule has 1 aliphatic rings. The van der Waals surface area contributed by atoms with E-state index in [1.165, 1.54) is 0 Å². The second kappa shape index (κ2) is 2.48. The number of fused-ring (bicyclic) bond motifs is 1. The van der Waals surface area contributed by atoms with Crippen LogP contribution in [0.1, 0.15) is 17.7 Å². The smallest absolute Gasteiger partial charge is 0.138 e. The van der Waals surface area contributed by atoms with E-state index in [-0.39, 0.29) is 5.76 Å². The van der Waals surface area contributed by atoms with E-state index in [9.17, 15) is 5.11 Å². The Morgan fingerprint density at radius 1 is 1.50 bits per heavy atom. The van der Waals surface area contributed by atoms with Crippen molar-refractivity contribution in [2.24, 2.45) is 0 Å². The van der Waals surface area contributed by atoms with Gasteiger partial charge in [0.15, 0.2) is 0 Å². The van der Waals surface area contributed by atoms with Crippen molar-refractivity contribution >= 4 is 11.3 Å². The minimum Gasteiger partial charge on any atom is -0.506 e. The molecular formula is C10H9NO. The highest BCUT2D eigenvalue weighted by Crippen LogP contribution is 2.28. The van der Waals surface area contributed by atoms with Gasteiger partial charge in [0.25, 0.3) is 0 Å². The number of nitrogens with zero attached hydrogens (tertiary/aromatic N) is 1. The Kier molecular flexibility index (Phi) is 1.47. The van der Waals surface area contributed by atoms with Gasteiger partial charge in [-0.3, -0.25) is 4.98 Å². The fraction of sp³-hybridized carbons (Fsp3) is 0.100. The standard InChI is InChI=1S/C10H9NO/c1-7-4-5-9(12)10-8(7)3-2-6-11-10/h2-3,5-6,12H,1,4H2. The average Bonchev–Trinajstić information content (AvgIpc) is 2.12. The first-order valence-electron chi connectivity index (χ1n) is 3.81. The largest absolute Gasteiger partial charge is 0.506 e. The van der Waals surface area contributed by atoms with E-state index in [0.29, 0.717) is 12.1 Å². The molecule has 0 saturated carbocycles. The lowest BCUT2D eigenvalue weighted by Crippen LogP contribution is -1.99. The first-order valence-corrected chi connectivity index (χ1v) is 3.81. The molecule has 0 fully saturated rings. The molecular weight excluding hydrogens is 150 g/mol. The molecule has 2 rings (SSSR count). The molecule has 0 saturated heterocycles. The Labute approximate surface area is 70.9 Å². The number of allylic oxidation sites excluding steroid dienone is 2. The SMILES string of the molecule is C=C1CC=C(O)c2ncccc21. The number of aliphatic hydroxyl groups excluding tert-OH is 1. The van der Waals surface area contributed by atoms with Crippen molar-refractivity contribution in [3.05, 3.63) is 42.2 Å². The van der Waals surface area contributed by atoms with Gasteiger partial charge in [-0.25, -0.2) is 0 Å². The van der Waals surface area contributed by atoms with Crippen LogP contribution >= 0.6 is 0 Å². The van der Waals surface area contributed by atoms with Crippen LogP contribution in [0.4, 0.5) is 0 Å². The number of pyridine rings is 1. The first kappa shape index (κ1) is 7.10. The summed E-state index contributed by atoms with van der Waals surface area (Å²) in [5.41, 5.74) is 2.61. The number of aliphatic hydroxyl groups is 1. The number of hydrogen-bond donors (Lipinski definition) is 1. The summed E-state index contributed by atoms with van der Waals surface area (Å²) in [6.07, 6.45) is 4.11. The predicted octanol–water partition coefficient (Wildman–Crippen LogP) is 2.40. The molecule has 0 amide bonds. The summed E-state index contributed by atoms with van der Waals surface area (Å²) in [5.74, 6) is 0.262. The summed E-state index contributed by atoms with van der Waals surface area (Å²) < 4.78 is 0. The topological polar surface area (TPSA) is 33.1 Å². The maximum Gasteiger partial charge on any atom is 0.138 e. The van der Waals surface area contributed by atoms with E-state index < -0.39 is 0 Å². The van der Waals surface area contributed by atoms with Gasteiger partial charge in [-0.15, -0.1) is 0 Å². The van der Waals surface area contributed by atoms with Gasteiger partial charge >= 0.3 is 0 Å². The van der Waals surface area contributed by atoms with E-state index in [4.69, 9.17) is 0 Å². The third-order valence-electron chi connectivity index (χ3n) is 1.97. The zero-order valence-corrected chi connectivity index (χ0v) is 6.62.